The Labute approximate surface area is 153 Å². The van der Waals surface area contributed by atoms with Gasteiger partial charge in [0.25, 0.3) is 0 Å². The Bertz CT molecular complexity index is 561. The van der Waals surface area contributed by atoms with Gasteiger partial charge in [-0.15, -0.1) is 12.4 Å². The van der Waals surface area contributed by atoms with Crippen LogP contribution in [0.15, 0.2) is 24.3 Å². The number of methoxy groups -OCH3 is 1. The van der Waals surface area contributed by atoms with Gasteiger partial charge in [-0.05, 0) is 30.7 Å². The molecule has 2 heterocycles. The molecule has 8 heteroatoms. The molecular weight excluding hydrogens is 351 g/mol. The van der Waals surface area contributed by atoms with Crippen molar-refractivity contribution in [3.05, 3.63) is 34.9 Å². The van der Waals surface area contributed by atoms with Crippen LogP contribution in [0.3, 0.4) is 0 Å². The van der Waals surface area contributed by atoms with Crippen molar-refractivity contribution in [3.8, 4) is 0 Å². The lowest BCUT2D eigenvalue weighted by Crippen LogP contribution is -2.49. The number of carbonyl (C=O) groups excluding carboxylic acids is 1. The number of hydrogen-bond donors (Lipinski definition) is 4. The molecule has 134 valence electrons. The highest BCUT2D eigenvalue weighted by Crippen LogP contribution is 2.22. The van der Waals surface area contributed by atoms with Gasteiger partial charge in [0.15, 0.2) is 0 Å². The normalized spacial score (nSPS) is 27.0. The van der Waals surface area contributed by atoms with E-state index in [1.54, 1.807) is 7.11 Å². The number of halogens is 2. The maximum absolute atomic E-state index is 12.5. The van der Waals surface area contributed by atoms with Crippen molar-refractivity contribution in [3.63, 3.8) is 0 Å². The summed E-state index contributed by atoms with van der Waals surface area (Å²) in [4.78, 5) is 12.5. The van der Waals surface area contributed by atoms with Crippen LogP contribution in [0.4, 0.5) is 0 Å². The highest BCUT2D eigenvalue weighted by atomic mass is 35.5. The molecule has 2 aliphatic heterocycles. The number of amides is 1. The highest BCUT2D eigenvalue weighted by Gasteiger charge is 2.41. The molecule has 0 aromatic heterocycles. The third-order valence-electron chi connectivity index (χ3n) is 4.63. The summed E-state index contributed by atoms with van der Waals surface area (Å²) in [7, 11) is 1.63. The Morgan fingerprint density at radius 2 is 2.29 bits per heavy atom. The molecule has 0 spiro atoms. The number of piperidine rings is 1. The van der Waals surface area contributed by atoms with E-state index < -0.39 is 0 Å². The Morgan fingerprint density at radius 1 is 1.46 bits per heavy atom. The standard InChI is InChI=1S/C16H23ClN4O2.ClH/c1-23-14(10-3-2-4-11(17)7-10)9-19-16(22)15-12-8-18-6-5-13(12)20-21-15;/h2-4,7,12-15,18,20-21H,5-6,8-9H2,1H3,(H,19,22);1H. The average Bonchev–Trinajstić information content (AvgIpc) is 2.99. The van der Waals surface area contributed by atoms with E-state index in [0.29, 0.717) is 17.6 Å². The molecule has 1 amide bonds. The number of ether oxygens (including phenoxy) is 1. The fourth-order valence-electron chi connectivity index (χ4n) is 3.32. The monoisotopic (exact) mass is 374 g/mol. The zero-order valence-electron chi connectivity index (χ0n) is 13.5. The first kappa shape index (κ1) is 19.4. The smallest absolute Gasteiger partial charge is 0.238 e. The van der Waals surface area contributed by atoms with E-state index >= 15 is 0 Å². The molecule has 4 atom stereocenters. The minimum Gasteiger partial charge on any atom is -0.375 e. The van der Waals surface area contributed by atoms with Gasteiger partial charge >= 0.3 is 0 Å². The number of nitrogens with one attached hydrogen (secondary N) is 4. The summed E-state index contributed by atoms with van der Waals surface area (Å²) in [5.41, 5.74) is 7.31. The van der Waals surface area contributed by atoms with E-state index in [1.165, 1.54) is 0 Å². The number of benzene rings is 1. The molecule has 6 nitrogen and oxygen atoms in total. The van der Waals surface area contributed by atoms with Crippen LogP contribution in [0.2, 0.25) is 5.02 Å². The van der Waals surface area contributed by atoms with Crippen molar-refractivity contribution >= 4 is 29.9 Å². The van der Waals surface area contributed by atoms with E-state index in [1.807, 2.05) is 24.3 Å². The zero-order valence-corrected chi connectivity index (χ0v) is 15.1. The molecule has 0 radical (unpaired) electrons. The van der Waals surface area contributed by atoms with Crippen molar-refractivity contribution in [1.82, 2.24) is 21.5 Å². The van der Waals surface area contributed by atoms with Crippen LogP contribution >= 0.6 is 24.0 Å². The summed E-state index contributed by atoms with van der Waals surface area (Å²) in [5.74, 6) is 0.272. The first-order chi connectivity index (χ1) is 11.2. The Kier molecular flexibility index (Phi) is 7.28. The summed E-state index contributed by atoms with van der Waals surface area (Å²) >= 11 is 6.02. The van der Waals surface area contributed by atoms with Gasteiger partial charge in [0, 0.05) is 37.2 Å². The number of fused-ring (bicyclic) bond motifs is 1. The minimum atomic E-state index is -0.218. The highest BCUT2D eigenvalue weighted by molar-refractivity contribution is 6.30. The fraction of sp³-hybridized carbons (Fsp3) is 0.562. The maximum atomic E-state index is 12.5. The number of hydrogen-bond acceptors (Lipinski definition) is 5. The van der Waals surface area contributed by atoms with Gasteiger partial charge < -0.3 is 15.4 Å². The van der Waals surface area contributed by atoms with Crippen molar-refractivity contribution in [2.75, 3.05) is 26.7 Å². The third-order valence-corrected chi connectivity index (χ3v) is 4.87. The van der Waals surface area contributed by atoms with Gasteiger partial charge in [0.2, 0.25) is 5.91 Å². The van der Waals surface area contributed by atoms with Crippen LogP contribution in [0.1, 0.15) is 18.1 Å². The van der Waals surface area contributed by atoms with E-state index in [9.17, 15) is 4.79 Å². The molecule has 0 aliphatic carbocycles. The summed E-state index contributed by atoms with van der Waals surface area (Å²) in [6.45, 7) is 2.26. The van der Waals surface area contributed by atoms with Crippen LogP contribution in [0, 0.1) is 5.92 Å². The molecular formula is C16H24Cl2N4O2. The van der Waals surface area contributed by atoms with E-state index in [2.05, 4.69) is 21.5 Å². The molecule has 1 aromatic carbocycles. The second-order valence-electron chi connectivity index (χ2n) is 6.05. The quantitative estimate of drug-likeness (QED) is 0.619. The van der Waals surface area contributed by atoms with E-state index in [0.717, 1.165) is 25.1 Å². The molecule has 2 saturated heterocycles. The lowest BCUT2D eigenvalue weighted by atomic mass is 9.89. The largest absolute Gasteiger partial charge is 0.375 e. The van der Waals surface area contributed by atoms with Crippen molar-refractivity contribution < 1.29 is 9.53 Å². The molecule has 2 aliphatic rings. The SMILES string of the molecule is COC(CNC(=O)C1NNC2CCNCC21)c1cccc(Cl)c1.Cl. The van der Waals surface area contributed by atoms with Crippen molar-refractivity contribution in [2.45, 2.75) is 24.6 Å². The van der Waals surface area contributed by atoms with E-state index in [-0.39, 0.29) is 36.4 Å². The predicted molar refractivity (Wildman–Crippen MR) is 96.3 cm³/mol. The Hall–Kier alpha value is -0.890. The number of carbonyl (C=O) groups is 1. The van der Waals surface area contributed by atoms with Gasteiger partial charge in [-0.25, -0.2) is 5.43 Å². The van der Waals surface area contributed by atoms with Crippen LogP contribution in [-0.4, -0.2) is 44.7 Å². The molecule has 0 bridgehead atoms. The molecule has 2 fully saturated rings. The van der Waals surface area contributed by atoms with Gasteiger partial charge in [-0.3, -0.25) is 10.2 Å². The molecule has 4 unspecified atom stereocenters. The first-order valence-electron chi connectivity index (χ1n) is 7.97. The van der Waals surface area contributed by atoms with Crippen LogP contribution in [0.5, 0.6) is 0 Å². The van der Waals surface area contributed by atoms with Crippen LogP contribution < -0.4 is 21.5 Å². The lowest BCUT2D eigenvalue weighted by Gasteiger charge is -2.27. The molecule has 3 rings (SSSR count). The summed E-state index contributed by atoms with van der Waals surface area (Å²) in [6.07, 6.45) is 0.817. The summed E-state index contributed by atoms with van der Waals surface area (Å²) < 4.78 is 5.49. The lowest BCUT2D eigenvalue weighted by molar-refractivity contribution is -0.124. The van der Waals surface area contributed by atoms with Gasteiger partial charge in [0.05, 0.1) is 6.10 Å². The molecule has 0 saturated carbocycles. The molecule has 4 N–H and O–H groups in total. The fourth-order valence-corrected chi connectivity index (χ4v) is 3.52. The van der Waals surface area contributed by atoms with Crippen LogP contribution in [0.25, 0.3) is 0 Å². The molecule has 24 heavy (non-hydrogen) atoms. The summed E-state index contributed by atoms with van der Waals surface area (Å²) in [6, 6.07) is 7.65. The molecule has 1 aromatic rings. The Balaban J connectivity index is 0.00000208. The predicted octanol–water partition coefficient (Wildman–Crippen LogP) is 1.02. The zero-order chi connectivity index (χ0) is 16.2. The van der Waals surface area contributed by atoms with E-state index in [4.69, 9.17) is 16.3 Å². The van der Waals surface area contributed by atoms with Crippen molar-refractivity contribution in [1.29, 1.82) is 0 Å². The van der Waals surface area contributed by atoms with Crippen LogP contribution in [-0.2, 0) is 9.53 Å². The van der Waals surface area contributed by atoms with Gasteiger partial charge in [-0.1, -0.05) is 23.7 Å². The van der Waals surface area contributed by atoms with Gasteiger partial charge in [-0.2, -0.15) is 0 Å². The third kappa shape index (κ3) is 4.39. The first-order valence-corrected chi connectivity index (χ1v) is 8.34. The second-order valence-corrected chi connectivity index (χ2v) is 6.49. The Morgan fingerprint density at radius 3 is 3.04 bits per heavy atom. The topological polar surface area (TPSA) is 74.4 Å². The number of rotatable bonds is 5. The summed E-state index contributed by atoms with van der Waals surface area (Å²) in [5, 5.41) is 7.00. The maximum Gasteiger partial charge on any atom is 0.238 e. The minimum absolute atomic E-state index is 0. The second kappa shape index (κ2) is 8.99. The average molecular weight is 375 g/mol. The van der Waals surface area contributed by atoms with Gasteiger partial charge in [0.1, 0.15) is 6.04 Å². The number of hydrazine groups is 1. The van der Waals surface area contributed by atoms with Crippen molar-refractivity contribution in [2.24, 2.45) is 5.92 Å².